The van der Waals surface area contributed by atoms with Crippen LogP contribution in [-0.4, -0.2) is 43.5 Å². The van der Waals surface area contributed by atoms with Gasteiger partial charge >= 0.3 is 0 Å². The second-order valence-electron chi connectivity index (χ2n) is 5.59. The molecule has 19 heavy (non-hydrogen) atoms. The standard InChI is InChI=1S/C15H21N3O/c1-18-8-6-12(10-18)17-15(19)14-4-2-3-11-9-16-7-5-13(11)14/h2-4,12,16H,5-10H2,1H3,(H,17,19). The van der Waals surface area contributed by atoms with E-state index in [1.54, 1.807) is 0 Å². The third kappa shape index (κ3) is 2.65. The average molecular weight is 259 g/mol. The highest BCUT2D eigenvalue weighted by Crippen LogP contribution is 2.19. The van der Waals surface area contributed by atoms with E-state index in [4.69, 9.17) is 0 Å². The zero-order chi connectivity index (χ0) is 13.2. The lowest BCUT2D eigenvalue weighted by Crippen LogP contribution is -2.37. The SMILES string of the molecule is CN1CCC(NC(=O)c2cccc3c2CCNC3)C1. The zero-order valence-electron chi connectivity index (χ0n) is 11.4. The molecule has 1 atom stereocenters. The maximum absolute atomic E-state index is 12.4. The van der Waals surface area contributed by atoms with Gasteiger partial charge in [-0.2, -0.15) is 0 Å². The van der Waals surface area contributed by atoms with Crippen LogP contribution < -0.4 is 10.6 Å². The Hall–Kier alpha value is -1.39. The molecule has 0 radical (unpaired) electrons. The lowest BCUT2D eigenvalue weighted by Gasteiger charge is -2.21. The van der Waals surface area contributed by atoms with Crippen LogP contribution in [-0.2, 0) is 13.0 Å². The molecule has 0 aromatic heterocycles. The minimum Gasteiger partial charge on any atom is -0.348 e. The molecule has 2 aliphatic rings. The molecule has 2 heterocycles. The van der Waals surface area contributed by atoms with Crippen LogP contribution in [0.4, 0.5) is 0 Å². The van der Waals surface area contributed by atoms with Gasteiger partial charge in [0.2, 0.25) is 0 Å². The smallest absolute Gasteiger partial charge is 0.251 e. The number of fused-ring (bicyclic) bond motifs is 1. The maximum Gasteiger partial charge on any atom is 0.251 e. The second-order valence-corrected chi connectivity index (χ2v) is 5.59. The molecule has 1 aromatic carbocycles. The monoisotopic (exact) mass is 259 g/mol. The van der Waals surface area contributed by atoms with E-state index in [1.807, 2.05) is 12.1 Å². The second kappa shape index (κ2) is 5.31. The van der Waals surface area contributed by atoms with Crippen molar-refractivity contribution in [3.8, 4) is 0 Å². The number of carbonyl (C=O) groups is 1. The van der Waals surface area contributed by atoms with Crippen molar-refractivity contribution in [2.75, 3.05) is 26.7 Å². The molecule has 1 unspecified atom stereocenters. The van der Waals surface area contributed by atoms with Crippen molar-refractivity contribution < 1.29 is 4.79 Å². The number of likely N-dealkylation sites (tertiary alicyclic amines) is 1. The predicted octanol–water partition coefficient (Wildman–Crippen LogP) is 0.766. The Morgan fingerprint density at radius 2 is 2.37 bits per heavy atom. The first-order chi connectivity index (χ1) is 9.24. The molecular weight excluding hydrogens is 238 g/mol. The summed E-state index contributed by atoms with van der Waals surface area (Å²) in [5.41, 5.74) is 3.36. The molecule has 0 spiro atoms. The fourth-order valence-corrected chi connectivity index (χ4v) is 3.06. The molecule has 2 aliphatic heterocycles. The molecule has 4 heteroatoms. The van der Waals surface area contributed by atoms with Crippen molar-refractivity contribution in [1.82, 2.24) is 15.5 Å². The molecule has 102 valence electrons. The van der Waals surface area contributed by atoms with Crippen molar-refractivity contribution in [1.29, 1.82) is 0 Å². The number of nitrogens with one attached hydrogen (secondary N) is 2. The quantitative estimate of drug-likeness (QED) is 0.824. The first kappa shape index (κ1) is 12.6. The van der Waals surface area contributed by atoms with Gasteiger partial charge in [0.25, 0.3) is 5.91 Å². The lowest BCUT2D eigenvalue weighted by atomic mass is 9.95. The highest BCUT2D eigenvalue weighted by atomic mass is 16.1. The van der Waals surface area contributed by atoms with E-state index in [2.05, 4.69) is 28.6 Å². The molecule has 3 rings (SSSR count). The summed E-state index contributed by atoms with van der Waals surface area (Å²) in [6, 6.07) is 6.36. The van der Waals surface area contributed by atoms with Crippen LogP contribution in [0.3, 0.4) is 0 Å². The largest absolute Gasteiger partial charge is 0.348 e. The van der Waals surface area contributed by atoms with E-state index in [0.29, 0.717) is 6.04 Å². The number of likely N-dealkylation sites (N-methyl/N-ethyl adjacent to an activating group) is 1. The van der Waals surface area contributed by atoms with Gasteiger partial charge in [0, 0.05) is 24.7 Å². The fraction of sp³-hybridized carbons (Fsp3) is 0.533. The van der Waals surface area contributed by atoms with Crippen LogP contribution in [0.1, 0.15) is 27.9 Å². The van der Waals surface area contributed by atoms with Crippen LogP contribution >= 0.6 is 0 Å². The first-order valence-electron chi connectivity index (χ1n) is 7.05. The molecule has 1 amide bonds. The lowest BCUT2D eigenvalue weighted by molar-refractivity contribution is 0.0937. The van der Waals surface area contributed by atoms with Gasteiger partial charge in [0.1, 0.15) is 0 Å². The summed E-state index contributed by atoms with van der Waals surface area (Å²) in [4.78, 5) is 14.7. The number of rotatable bonds is 2. The number of benzene rings is 1. The van der Waals surface area contributed by atoms with Gasteiger partial charge in [-0.25, -0.2) is 0 Å². The molecular formula is C15H21N3O. The Labute approximate surface area is 114 Å². The van der Waals surface area contributed by atoms with Gasteiger partial charge < -0.3 is 15.5 Å². The Kier molecular flexibility index (Phi) is 3.53. The van der Waals surface area contributed by atoms with E-state index in [-0.39, 0.29) is 5.91 Å². The van der Waals surface area contributed by atoms with E-state index in [1.165, 1.54) is 11.1 Å². The molecule has 0 aliphatic carbocycles. The van der Waals surface area contributed by atoms with E-state index >= 15 is 0 Å². The molecule has 0 bridgehead atoms. The highest BCUT2D eigenvalue weighted by Gasteiger charge is 2.23. The zero-order valence-corrected chi connectivity index (χ0v) is 11.4. The minimum atomic E-state index is 0.0963. The van der Waals surface area contributed by atoms with Gasteiger partial charge in [0.05, 0.1) is 0 Å². The topological polar surface area (TPSA) is 44.4 Å². The molecule has 1 saturated heterocycles. The number of nitrogens with zero attached hydrogens (tertiary/aromatic N) is 1. The van der Waals surface area contributed by atoms with E-state index in [0.717, 1.165) is 44.6 Å². The van der Waals surface area contributed by atoms with Gasteiger partial charge in [-0.1, -0.05) is 12.1 Å². The summed E-state index contributed by atoms with van der Waals surface area (Å²) < 4.78 is 0. The number of hydrogen-bond acceptors (Lipinski definition) is 3. The van der Waals surface area contributed by atoms with Crippen LogP contribution in [0, 0.1) is 0 Å². The van der Waals surface area contributed by atoms with Crippen molar-refractivity contribution in [2.24, 2.45) is 0 Å². The van der Waals surface area contributed by atoms with Gasteiger partial charge in [0.15, 0.2) is 0 Å². The molecule has 2 N–H and O–H groups in total. The van der Waals surface area contributed by atoms with Crippen molar-refractivity contribution in [2.45, 2.75) is 25.4 Å². The summed E-state index contributed by atoms with van der Waals surface area (Å²) in [5, 5.41) is 6.52. The van der Waals surface area contributed by atoms with Crippen LogP contribution in [0.2, 0.25) is 0 Å². The number of hydrogen-bond donors (Lipinski definition) is 2. The van der Waals surface area contributed by atoms with Crippen LogP contribution in [0.15, 0.2) is 18.2 Å². The normalized spacial score (nSPS) is 23.1. The van der Waals surface area contributed by atoms with Crippen molar-refractivity contribution in [3.63, 3.8) is 0 Å². The summed E-state index contributed by atoms with van der Waals surface area (Å²) in [6.45, 7) is 3.87. The Balaban J connectivity index is 1.76. The highest BCUT2D eigenvalue weighted by molar-refractivity contribution is 5.96. The van der Waals surface area contributed by atoms with E-state index in [9.17, 15) is 4.79 Å². The van der Waals surface area contributed by atoms with Crippen LogP contribution in [0.5, 0.6) is 0 Å². The van der Waals surface area contributed by atoms with Crippen molar-refractivity contribution >= 4 is 5.91 Å². The molecule has 4 nitrogen and oxygen atoms in total. The van der Waals surface area contributed by atoms with E-state index < -0.39 is 0 Å². The summed E-state index contributed by atoms with van der Waals surface area (Å²) >= 11 is 0. The number of carbonyl (C=O) groups excluding carboxylic acids is 1. The maximum atomic E-state index is 12.4. The third-order valence-electron chi connectivity index (χ3n) is 4.11. The average Bonchev–Trinajstić information content (AvgIpc) is 2.83. The van der Waals surface area contributed by atoms with Gasteiger partial charge in [-0.05, 0) is 50.2 Å². The summed E-state index contributed by atoms with van der Waals surface area (Å²) in [5.74, 6) is 0.0963. The number of amides is 1. The van der Waals surface area contributed by atoms with Gasteiger partial charge in [-0.15, -0.1) is 0 Å². The van der Waals surface area contributed by atoms with Crippen molar-refractivity contribution in [3.05, 3.63) is 34.9 Å². The molecule has 1 fully saturated rings. The minimum absolute atomic E-state index is 0.0963. The van der Waals surface area contributed by atoms with Gasteiger partial charge in [-0.3, -0.25) is 4.79 Å². The molecule has 0 saturated carbocycles. The first-order valence-corrected chi connectivity index (χ1v) is 7.05. The van der Waals surface area contributed by atoms with Crippen LogP contribution in [0.25, 0.3) is 0 Å². The summed E-state index contributed by atoms with van der Waals surface area (Å²) in [6.07, 6.45) is 2.00. The summed E-state index contributed by atoms with van der Waals surface area (Å²) in [7, 11) is 2.10. The Morgan fingerprint density at radius 3 is 3.16 bits per heavy atom. The Morgan fingerprint density at radius 1 is 1.47 bits per heavy atom. The third-order valence-corrected chi connectivity index (χ3v) is 4.11. The fourth-order valence-electron chi connectivity index (χ4n) is 3.06. The molecule has 1 aromatic rings. The Bertz CT molecular complexity index is 486. The predicted molar refractivity (Wildman–Crippen MR) is 75.2 cm³/mol.